The first-order chi connectivity index (χ1) is 10.6. The number of hydrogen-bond donors (Lipinski definition) is 2. The van der Waals surface area contributed by atoms with Crippen molar-refractivity contribution in [3.63, 3.8) is 0 Å². The van der Waals surface area contributed by atoms with Crippen molar-refractivity contribution in [1.29, 1.82) is 0 Å². The highest BCUT2D eigenvalue weighted by Gasteiger charge is 2.23. The second-order valence-electron chi connectivity index (χ2n) is 7.52. The molecule has 22 heavy (non-hydrogen) atoms. The molecule has 2 N–H and O–H groups in total. The number of nitrogens with one attached hydrogen (secondary N) is 2. The molecule has 2 rings (SSSR count). The lowest BCUT2D eigenvalue weighted by Crippen LogP contribution is -2.50. The van der Waals surface area contributed by atoms with Crippen LogP contribution in [0.1, 0.15) is 59.3 Å². The van der Waals surface area contributed by atoms with Gasteiger partial charge in [-0.3, -0.25) is 4.99 Å². The minimum atomic E-state index is 0.574. The largest absolute Gasteiger partial charge is 0.356 e. The molecule has 0 bridgehead atoms. The van der Waals surface area contributed by atoms with Gasteiger partial charge in [0.1, 0.15) is 0 Å². The molecule has 2 aliphatic rings. The fraction of sp³-hybridized carbons (Fsp3) is 0.944. The van der Waals surface area contributed by atoms with E-state index in [1.807, 2.05) is 7.05 Å². The molecule has 0 aromatic heterocycles. The third-order valence-corrected chi connectivity index (χ3v) is 5.65. The van der Waals surface area contributed by atoms with Gasteiger partial charge in [0, 0.05) is 38.8 Å². The molecule has 0 aromatic rings. The molecule has 0 spiro atoms. The number of aliphatic imine (C=N–C) groups is 1. The Balaban J connectivity index is 1.71. The van der Waals surface area contributed by atoms with Crippen LogP contribution in [0, 0.1) is 11.8 Å². The highest BCUT2D eigenvalue weighted by Crippen LogP contribution is 2.28. The van der Waals surface area contributed by atoms with Gasteiger partial charge < -0.3 is 15.5 Å². The van der Waals surface area contributed by atoms with Gasteiger partial charge in [0.15, 0.2) is 5.96 Å². The van der Waals surface area contributed by atoms with E-state index >= 15 is 0 Å². The van der Waals surface area contributed by atoms with E-state index in [4.69, 9.17) is 0 Å². The summed E-state index contributed by atoms with van der Waals surface area (Å²) in [5.41, 5.74) is 0. The summed E-state index contributed by atoms with van der Waals surface area (Å²) in [6.07, 6.45) is 8.02. The summed E-state index contributed by atoms with van der Waals surface area (Å²) < 4.78 is 0. The molecule has 4 heteroatoms. The molecule has 2 fully saturated rings. The second-order valence-corrected chi connectivity index (χ2v) is 7.52. The van der Waals surface area contributed by atoms with Crippen LogP contribution in [0.25, 0.3) is 0 Å². The van der Waals surface area contributed by atoms with E-state index < -0.39 is 0 Å². The standard InChI is InChI=1S/C18H36N4/c1-14(2)22-11-9-17(10-12-22)21-18(19-4)20-13-16-8-6-5-7-15(16)3/h14-17H,5-13H2,1-4H3,(H2,19,20,21). The molecule has 1 aliphatic carbocycles. The van der Waals surface area contributed by atoms with Gasteiger partial charge in [-0.25, -0.2) is 0 Å². The van der Waals surface area contributed by atoms with Gasteiger partial charge in [-0.1, -0.05) is 26.2 Å². The number of piperidine rings is 1. The van der Waals surface area contributed by atoms with Gasteiger partial charge in [0.05, 0.1) is 0 Å². The van der Waals surface area contributed by atoms with E-state index in [1.165, 1.54) is 51.6 Å². The molecule has 1 heterocycles. The topological polar surface area (TPSA) is 39.7 Å². The van der Waals surface area contributed by atoms with Crippen LogP contribution in [0.2, 0.25) is 0 Å². The van der Waals surface area contributed by atoms with Gasteiger partial charge in [0.2, 0.25) is 0 Å². The molecule has 1 saturated carbocycles. The number of rotatable bonds is 4. The van der Waals surface area contributed by atoms with Crippen molar-refractivity contribution in [1.82, 2.24) is 15.5 Å². The van der Waals surface area contributed by atoms with Crippen molar-refractivity contribution in [2.45, 2.75) is 71.4 Å². The Morgan fingerprint density at radius 1 is 1.14 bits per heavy atom. The zero-order chi connectivity index (χ0) is 15.9. The molecule has 1 aliphatic heterocycles. The minimum absolute atomic E-state index is 0.574. The quantitative estimate of drug-likeness (QED) is 0.620. The van der Waals surface area contributed by atoms with E-state index in [-0.39, 0.29) is 0 Å². The predicted octanol–water partition coefficient (Wildman–Crippen LogP) is 2.85. The van der Waals surface area contributed by atoms with Crippen molar-refractivity contribution < 1.29 is 0 Å². The molecule has 0 aromatic carbocycles. The first-order valence-corrected chi connectivity index (χ1v) is 9.31. The lowest BCUT2D eigenvalue weighted by Gasteiger charge is -2.35. The summed E-state index contributed by atoms with van der Waals surface area (Å²) in [6, 6.07) is 1.25. The fourth-order valence-corrected chi connectivity index (χ4v) is 3.87. The van der Waals surface area contributed by atoms with Crippen molar-refractivity contribution in [3.05, 3.63) is 0 Å². The average molecular weight is 309 g/mol. The van der Waals surface area contributed by atoms with Gasteiger partial charge in [-0.05, 0) is 44.9 Å². The van der Waals surface area contributed by atoms with Crippen molar-refractivity contribution >= 4 is 5.96 Å². The van der Waals surface area contributed by atoms with E-state index in [9.17, 15) is 0 Å². The summed E-state index contributed by atoms with van der Waals surface area (Å²) >= 11 is 0. The summed E-state index contributed by atoms with van der Waals surface area (Å²) in [4.78, 5) is 6.99. The van der Waals surface area contributed by atoms with E-state index in [0.717, 1.165) is 24.3 Å². The highest BCUT2D eigenvalue weighted by atomic mass is 15.2. The Kier molecular flexibility index (Phi) is 7.00. The summed E-state index contributed by atoms with van der Waals surface area (Å²) in [7, 11) is 1.89. The maximum absolute atomic E-state index is 4.43. The van der Waals surface area contributed by atoms with Crippen LogP contribution >= 0.6 is 0 Å². The van der Waals surface area contributed by atoms with Gasteiger partial charge in [-0.15, -0.1) is 0 Å². The molecule has 0 radical (unpaired) electrons. The van der Waals surface area contributed by atoms with Crippen LogP contribution < -0.4 is 10.6 Å². The maximum Gasteiger partial charge on any atom is 0.191 e. The predicted molar refractivity (Wildman–Crippen MR) is 95.4 cm³/mol. The zero-order valence-electron chi connectivity index (χ0n) is 15.1. The third-order valence-electron chi connectivity index (χ3n) is 5.65. The Bertz CT molecular complexity index is 345. The minimum Gasteiger partial charge on any atom is -0.356 e. The smallest absolute Gasteiger partial charge is 0.191 e. The number of guanidine groups is 1. The van der Waals surface area contributed by atoms with Crippen LogP contribution in [-0.2, 0) is 0 Å². The lowest BCUT2D eigenvalue weighted by atomic mass is 9.80. The van der Waals surface area contributed by atoms with E-state index in [2.05, 4.69) is 41.3 Å². The average Bonchev–Trinajstić information content (AvgIpc) is 2.53. The molecule has 4 nitrogen and oxygen atoms in total. The van der Waals surface area contributed by atoms with Gasteiger partial charge in [0.25, 0.3) is 0 Å². The van der Waals surface area contributed by atoms with E-state index in [0.29, 0.717) is 12.1 Å². The van der Waals surface area contributed by atoms with Crippen LogP contribution in [0.3, 0.4) is 0 Å². The van der Waals surface area contributed by atoms with Crippen molar-refractivity contribution in [2.24, 2.45) is 16.8 Å². The lowest BCUT2D eigenvalue weighted by molar-refractivity contribution is 0.167. The van der Waals surface area contributed by atoms with Gasteiger partial charge in [-0.2, -0.15) is 0 Å². The Morgan fingerprint density at radius 2 is 1.82 bits per heavy atom. The molecular formula is C18H36N4. The molecule has 2 unspecified atom stereocenters. The summed E-state index contributed by atoms with van der Waals surface area (Å²) in [5.74, 6) is 2.67. The molecule has 0 amide bonds. The first kappa shape index (κ1) is 17.6. The number of nitrogens with zero attached hydrogens (tertiary/aromatic N) is 2. The third kappa shape index (κ3) is 5.15. The zero-order valence-corrected chi connectivity index (χ0v) is 15.1. The highest BCUT2D eigenvalue weighted by molar-refractivity contribution is 5.79. The SMILES string of the molecule is CN=C(NCC1CCCCC1C)NC1CCN(C(C)C)CC1. The summed E-state index contributed by atoms with van der Waals surface area (Å²) in [5, 5.41) is 7.21. The fourth-order valence-electron chi connectivity index (χ4n) is 3.87. The molecule has 128 valence electrons. The maximum atomic E-state index is 4.43. The molecular weight excluding hydrogens is 272 g/mol. The van der Waals surface area contributed by atoms with Crippen molar-refractivity contribution in [2.75, 3.05) is 26.7 Å². The second kappa shape index (κ2) is 8.76. The number of likely N-dealkylation sites (tertiary alicyclic amines) is 1. The Labute approximate surface area is 137 Å². The van der Waals surface area contributed by atoms with E-state index in [1.54, 1.807) is 0 Å². The first-order valence-electron chi connectivity index (χ1n) is 9.31. The van der Waals surface area contributed by atoms with Crippen LogP contribution in [0.4, 0.5) is 0 Å². The van der Waals surface area contributed by atoms with Crippen molar-refractivity contribution in [3.8, 4) is 0 Å². The van der Waals surface area contributed by atoms with Crippen LogP contribution in [-0.4, -0.2) is 49.6 Å². The monoisotopic (exact) mass is 308 g/mol. The molecule has 2 atom stereocenters. The van der Waals surface area contributed by atoms with Gasteiger partial charge >= 0.3 is 0 Å². The van der Waals surface area contributed by atoms with Crippen LogP contribution in [0.5, 0.6) is 0 Å². The number of hydrogen-bond acceptors (Lipinski definition) is 2. The van der Waals surface area contributed by atoms with Crippen LogP contribution in [0.15, 0.2) is 4.99 Å². The Hall–Kier alpha value is -0.770. The Morgan fingerprint density at radius 3 is 2.41 bits per heavy atom. The summed E-state index contributed by atoms with van der Waals surface area (Å²) in [6.45, 7) is 10.5. The normalized spacial score (nSPS) is 28.9. The molecule has 1 saturated heterocycles.